The normalized spacial score (nSPS) is 12.3. The lowest BCUT2D eigenvalue weighted by molar-refractivity contribution is -0.139. The first-order valence-electron chi connectivity index (χ1n) is 6.95. The van der Waals surface area contributed by atoms with Crippen LogP contribution in [-0.2, 0) is 9.53 Å². The molecule has 1 rings (SSSR count). The number of hydrogen-bond donors (Lipinski definition) is 2. The lowest BCUT2D eigenvalue weighted by Crippen LogP contribution is -2.43. The van der Waals surface area contributed by atoms with Crippen molar-refractivity contribution in [1.82, 2.24) is 10.3 Å². The number of aliphatic carboxylic acids is 1. The number of rotatable bonds is 6. The Bertz CT molecular complexity index is 581. The van der Waals surface area contributed by atoms with Crippen molar-refractivity contribution in [2.45, 2.75) is 45.3 Å². The van der Waals surface area contributed by atoms with Crippen molar-refractivity contribution in [2.24, 2.45) is 0 Å². The third-order valence-electron chi connectivity index (χ3n) is 2.70. The van der Waals surface area contributed by atoms with Gasteiger partial charge in [0.15, 0.2) is 5.78 Å². The largest absolute Gasteiger partial charge is 0.480 e. The number of pyridine rings is 1. The van der Waals surface area contributed by atoms with E-state index in [1.165, 1.54) is 18.3 Å². The lowest BCUT2D eigenvalue weighted by Gasteiger charge is -2.21. The van der Waals surface area contributed by atoms with E-state index in [9.17, 15) is 14.4 Å². The molecule has 0 spiro atoms. The maximum Gasteiger partial charge on any atom is 0.408 e. The van der Waals surface area contributed by atoms with Crippen molar-refractivity contribution in [3.8, 4) is 0 Å². The number of nitrogens with one attached hydrogen (secondary N) is 1. The first-order chi connectivity index (χ1) is 10.6. The minimum Gasteiger partial charge on any atom is -0.480 e. The van der Waals surface area contributed by atoms with E-state index in [1.807, 2.05) is 0 Å². The van der Waals surface area contributed by atoms with E-state index in [-0.39, 0.29) is 23.8 Å². The molecule has 7 nitrogen and oxygen atoms in total. The van der Waals surface area contributed by atoms with E-state index >= 15 is 0 Å². The van der Waals surface area contributed by atoms with Crippen LogP contribution in [-0.4, -0.2) is 39.6 Å². The Hall–Kier alpha value is -2.15. The second-order valence-electron chi connectivity index (χ2n) is 5.87. The Balaban J connectivity index is 2.59. The molecule has 0 radical (unpaired) electrons. The summed E-state index contributed by atoms with van der Waals surface area (Å²) in [5.41, 5.74) is -0.409. The summed E-state index contributed by atoms with van der Waals surface area (Å²) in [6.45, 7) is 5.00. The van der Waals surface area contributed by atoms with Crippen molar-refractivity contribution in [1.29, 1.82) is 0 Å². The van der Waals surface area contributed by atoms with E-state index in [1.54, 1.807) is 20.8 Å². The molecule has 2 N–H and O–H groups in total. The van der Waals surface area contributed by atoms with Gasteiger partial charge in [-0.3, -0.25) is 4.79 Å². The van der Waals surface area contributed by atoms with E-state index in [0.717, 1.165) is 0 Å². The molecule has 0 aliphatic heterocycles. The van der Waals surface area contributed by atoms with Gasteiger partial charge >= 0.3 is 12.1 Å². The van der Waals surface area contributed by atoms with Crippen molar-refractivity contribution < 1.29 is 24.2 Å². The molecule has 8 heteroatoms. The lowest BCUT2D eigenvalue weighted by atomic mass is 10.0. The van der Waals surface area contributed by atoms with Crippen LogP contribution < -0.4 is 5.32 Å². The van der Waals surface area contributed by atoms with Gasteiger partial charge in [-0.25, -0.2) is 14.6 Å². The number of alkyl carbamates (subject to hydrolysis) is 1. The number of carboxylic acid groups (broad SMARTS) is 1. The molecule has 23 heavy (non-hydrogen) atoms. The average molecular weight is 343 g/mol. The summed E-state index contributed by atoms with van der Waals surface area (Å²) in [7, 11) is 0. The fourth-order valence-corrected chi connectivity index (χ4v) is 1.78. The molecule has 1 heterocycles. The summed E-state index contributed by atoms with van der Waals surface area (Å²) in [6.07, 6.45) is 0.360. The third kappa shape index (κ3) is 7.10. The van der Waals surface area contributed by atoms with Crippen molar-refractivity contribution >= 4 is 29.4 Å². The second-order valence-corrected chi connectivity index (χ2v) is 6.26. The molecular weight excluding hydrogens is 324 g/mol. The molecule has 126 valence electrons. The molecule has 1 aromatic rings. The first-order valence-corrected chi connectivity index (χ1v) is 7.33. The quantitative estimate of drug-likeness (QED) is 0.608. The SMILES string of the molecule is CC(C)(C)OC(=O)N[C@@H](CCC(=O)c1ccc(Cl)nc1)C(=O)O. The maximum atomic E-state index is 12.0. The summed E-state index contributed by atoms with van der Waals surface area (Å²) in [5.74, 6) is -1.52. The molecular formula is C15H19ClN2O5. The van der Waals surface area contributed by atoms with E-state index in [0.29, 0.717) is 5.56 Å². The third-order valence-corrected chi connectivity index (χ3v) is 2.92. The van der Waals surface area contributed by atoms with Gasteiger partial charge in [0, 0.05) is 18.2 Å². The predicted molar refractivity (Wildman–Crippen MR) is 83.6 cm³/mol. The van der Waals surface area contributed by atoms with Crippen molar-refractivity contribution in [3.63, 3.8) is 0 Å². The topological polar surface area (TPSA) is 106 Å². The number of carbonyl (C=O) groups excluding carboxylic acids is 2. The Labute approximate surface area is 139 Å². The standard InChI is InChI=1S/C15H19ClN2O5/c1-15(2,3)23-14(22)18-10(13(20)21)5-6-11(19)9-4-7-12(16)17-8-9/h4,7-8,10H,5-6H2,1-3H3,(H,18,22)(H,20,21)/t10-/m0/s1. The summed E-state index contributed by atoms with van der Waals surface area (Å²) < 4.78 is 5.00. The summed E-state index contributed by atoms with van der Waals surface area (Å²) in [4.78, 5) is 38.6. The van der Waals surface area contributed by atoms with Gasteiger partial charge in [0.2, 0.25) is 0 Å². The highest BCUT2D eigenvalue weighted by Crippen LogP contribution is 2.11. The number of ketones is 1. The van der Waals surface area contributed by atoms with E-state index in [2.05, 4.69) is 10.3 Å². The summed E-state index contributed by atoms with van der Waals surface area (Å²) >= 11 is 5.63. The van der Waals surface area contributed by atoms with Gasteiger partial charge in [-0.05, 0) is 39.3 Å². The zero-order valence-corrected chi connectivity index (χ0v) is 13.9. The van der Waals surface area contributed by atoms with E-state index in [4.69, 9.17) is 21.4 Å². The molecule has 0 unspecified atom stereocenters. The average Bonchev–Trinajstić information content (AvgIpc) is 2.41. The molecule has 0 saturated heterocycles. The van der Waals surface area contributed by atoms with Gasteiger partial charge < -0.3 is 15.2 Å². The number of ether oxygens (including phenoxy) is 1. The molecule has 0 aliphatic carbocycles. The van der Waals surface area contributed by atoms with Gasteiger partial charge in [0.05, 0.1) is 0 Å². The molecule has 0 fully saturated rings. The number of carboxylic acids is 1. The smallest absolute Gasteiger partial charge is 0.408 e. The summed E-state index contributed by atoms with van der Waals surface area (Å²) in [5, 5.41) is 11.6. The van der Waals surface area contributed by atoms with Crippen LogP contribution in [0.1, 0.15) is 44.0 Å². The molecule has 1 amide bonds. The Morgan fingerprint density at radius 1 is 1.35 bits per heavy atom. The molecule has 0 saturated carbocycles. The van der Waals surface area contributed by atoms with Gasteiger partial charge in [-0.2, -0.15) is 0 Å². The highest BCUT2D eigenvalue weighted by atomic mass is 35.5. The van der Waals surface area contributed by atoms with Crippen LogP contribution >= 0.6 is 11.6 Å². The van der Waals surface area contributed by atoms with Crippen LogP contribution in [0.4, 0.5) is 4.79 Å². The minimum absolute atomic E-state index is 0.0594. The highest BCUT2D eigenvalue weighted by molar-refractivity contribution is 6.29. The molecule has 0 aliphatic rings. The number of hydrogen-bond acceptors (Lipinski definition) is 5. The van der Waals surface area contributed by atoms with Crippen molar-refractivity contribution in [2.75, 3.05) is 0 Å². The zero-order chi connectivity index (χ0) is 17.6. The second kappa shape index (κ2) is 7.92. The number of Topliss-reactive ketones (excluding diaryl/α,β-unsaturated/α-hetero) is 1. The zero-order valence-electron chi connectivity index (χ0n) is 13.1. The number of nitrogens with zero attached hydrogens (tertiary/aromatic N) is 1. The number of aromatic nitrogens is 1. The molecule has 0 aromatic carbocycles. The Morgan fingerprint density at radius 3 is 2.48 bits per heavy atom. The van der Waals surface area contributed by atoms with Gasteiger partial charge in [-0.15, -0.1) is 0 Å². The fourth-order valence-electron chi connectivity index (χ4n) is 1.67. The Morgan fingerprint density at radius 2 is 2.00 bits per heavy atom. The first kappa shape index (κ1) is 18.9. The summed E-state index contributed by atoms with van der Waals surface area (Å²) in [6, 6.07) is 1.77. The fraction of sp³-hybridized carbons (Fsp3) is 0.467. The Kier molecular flexibility index (Phi) is 6.50. The predicted octanol–water partition coefficient (Wildman–Crippen LogP) is 2.68. The maximum absolute atomic E-state index is 12.0. The monoisotopic (exact) mass is 342 g/mol. The molecule has 0 bridgehead atoms. The number of amides is 1. The van der Waals surface area contributed by atoms with Gasteiger partial charge in [0.1, 0.15) is 16.8 Å². The minimum atomic E-state index is -1.24. The molecule has 1 aromatic heterocycles. The number of carbonyl (C=O) groups is 3. The van der Waals surface area contributed by atoms with Crippen molar-refractivity contribution in [3.05, 3.63) is 29.0 Å². The van der Waals surface area contributed by atoms with Gasteiger partial charge in [-0.1, -0.05) is 11.6 Å². The van der Waals surface area contributed by atoms with Gasteiger partial charge in [0.25, 0.3) is 0 Å². The van der Waals surface area contributed by atoms with Crippen LogP contribution in [0.3, 0.4) is 0 Å². The number of halogens is 1. The van der Waals surface area contributed by atoms with Crippen LogP contribution in [0.2, 0.25) is 5.15 Å². The van der Waals surface area contributed by atoms with Crippen LogP contribution in [0, 0.1) is 0 Å². The van der Waals surface area contributed by atoms with E-state index < -0.39 is 23.7 Å². The van der Waals surface area contributed by atoms with Crippen LogP contribution in [0.25, 0.3) is 0 Å². The highest BCUT2D eigenvalue weighted by Gasteiger charge is 2.24. The molecule has 1 atom stereocenters. The van der Waals surface area contributed by atoms with Crippen LogP contribution in [0.15, 0.2) is 18.3 Å². The van der Waals surface area contributed by atoms with Crippen LogP contribution in [0.5, 0.6) is 0 Å².